The highest BCUT2D eigenvalue weighted by atomic mass is 16.4. The molecule has 2 aliphatic rings. The van der Waals surface area contributed by atoms with E-state index in [-0.39, 0.29) is 23.5 Å². The zero-order valence-corrected chi connectivity index (χ0v) is 8.14. The molecule has 0 aromatic carbocycles. The summed E-state index contributed by atoms with van der Waals surface area (Å²) >= 11 is 0. The Balaban J connectivity index is 2.32. The van der Waals surface area contributed by atoms with Crippen molar-refractivity contribution in [3.8, 4) is 0 Å². The Labute approximate surface area is 82.8 Å². The van der Waals surface area contributed by atoms with Crippen molar-refractivity contribution in [2.24, 2.45) is 23.7 Å². The van der Waals surface area contributed by atoms with Gasteiger partial charge in [0, 0.05) is 5.92 Å². The van der Waals surface area contributed by atoms with Crippen LogP contribution in [0.5, 0.6) is 0 Å². The Morgan fingerprint density at radius 3 is 2.64 bits per heavy atom. The maximum absolute atomic E-state index is 11.4. The molecule has 0 saturated heterocycles. The number of hydrogen-bond donors (Lipinski definition) is 1. The lowest BCUT2D eigenvalue weighted by Gasteiger charge is -2.17. The first kappa shape index (κ1) is 9.44. The van der Waals surface area contributed by atoms with Crippen LogP contribution < -0.4 is 0 Å². The molecule has 3 heteroatoms. The van der Waals surface area contributed by atoms with Crippen LogP contribution in [-0.2, 0) is 9.59 Å². The number of hydrogen-bond acceptors (Lipinski definition) is 2. The lowest BCUT2D eigenvalue weighted by atomic mass is 9.85. The SMILES string of the molecule is CC(=O)C1C2CC=CC(C2)C1C(=O)O. The Hall–Kier alpha value is -1.12. The van der Waals surface area contributed by atoms with Gasteiger partial charge in [0.2, 0.25) is 0 Å². The number of carboxylic acid groups (broad SMARTS) is 1. The molecule has 2 aliphatic carbocycles. The van der Waals surface area contributed by atoms with Crippen LogP contribution in [-0.4, -0.2) is 16.9 Å². The van der Waals surface area contributed by atoms with E-state index in [1.54, 1.807) is 0 Å². The van der Waals surface area contributed by atoms with Gasteiger partial charge in [-0.05, 0) is 31.6 Å². The van der Waals surface area contributed by atoms with Crippen LogP contribution in [0.3, 0.4) is 0 Å². The van der Waals surface area contributed by atoms with E-state index in [9.17, 15) is 9.59 Å². The van der Waals surface area contributed by atoms with Crippen LogP contribution in [0, 0.1) is 23.7 Å². The van der Waals surface area contributed by atoms with Gasteiger partial charge >= 0.3 is 5.97 Å². The molecule has 0 aromatic heterocycles. The second kappa shape index (κ2) is 3.23. The summed E-state index contributed by atoms with van der Waals surface area (Å²) in [6, 6.07) is 0. The number of carboxylic acids is 1. The third-order valence-corrected chi connectivity index (χ3v) is 3.51. The van der Waals surface area contributed by atoms with Gasteiger partial charge in [0.1, 0.15) is 5.78 Å². The normalized spacial score (nSPS) is 39.8. The zero-order chi connectivity index (χ0) is 10.3. The van der Waals surface area contributed by atoms with Crippen LogP contribution in [0.15, 0.2) is 12.2 Å². The summed E-state index contributed by atoms with van der Waals surface area (Å²) in [5.41, 5.74) is 0. The average Bonchev–Trinajstić information content (AvgIpc) is 2.37. The predicted octanol–water partition coefficient (Wildman–Crippen LogP) is 1.49. The van der Waals surface area contributed by atoms with Gasteiger partial charge in [-0.1, -0.05) is 12.2 Å². The maximum atomic E-state index is 11.4. The van der Waals surface area contributed by atoms with Crippen molar-refractivity contribution >= 4 is 11.8 Å². The summed E-state index contributed by atoms with van der Waals surface area (Å²) < 4.78 is 0. The van der Waals surface area contributed by atoms with E-state index in [1.807, 2.05) is 12.2 Å². The molecule has 0 spiro atoms. The molecule has 0 amide bonds. The van der Waals surface area contributed by atoms with Crippen molar-refractivity contribution in [3.63, 3.8) is 0 Å². The smallest absolute Gasteiger partial charge is 0.307 e. The van der Waals surface area contributed by atoms with E-state index in [2.05, 4.69) is 0 Å². The van der Waals surface area contributed by atoms with Crippen LogP contribution in [0.1, 0.15) is 19.8 Å². The van der Waals surface area contributed by atoms with Crippen LogP contribution in [0.25, 0.3) is 0 Å². The number of fused-ring (bicyclic) bond motifs is 2. The monoisotopic (exact) mass is 194 g/mol. The second-order valence-corrected chi connectivity index (χ2v) is 4.32. The van der Waals surface area contributed by atoms with E-state index in [0.29, 0.717) is 0 Å². The summed E-state index contributed by atoms with van der Waals surface area (Å²) in [6.45, 7) is 1.52. The molecule has 2 rings (SSSR count). The van der Waals surface area contributed by atoms with Crippen molar-refractivity contribution < 1.29 is 14.7 Å². The van der Waals surface area contributed by atoms with E-state index >= 15 is 0 Å². The van der Waals surface area contributed by atoms with E-state index < -0.39 is 11.9 Å². The summed E-state index contributed by atoms with van der Waals surface area (Å²) in [6.07, 6.45) is 5.73. The summed E-state index contributed by atoms with van der Waals surface area (Å²) in [4.78, 5) is 22.5. The summed E-state index contributed by atoms with van der Waals surface area (Å²) in [7, 11) is 0. The number of allylic oxidation sites excluding steroid dienone is 2. The van der Waals surface area contributed by atoms with Crippen molar-refractivity contribution in [2.75, 3.05) is 0 Å². The molecule has 1 N–H and O–H groups in total. The Kier molecular flexibility index (Phi) is 2.17. The van der Waals surface area contributed by atoms with Gasteiger partial charge in [-0.25, -0.2) is 0 Å². The second-order valence-electron chi connectivity index (χ2n) is 4.32. The van der Waals surface area contributed by atoms with E-state index in [1.165, 1.54) is 6.92 Å². The Morgan fingerprint density at radius 1 is 1.36 bits per heavy atom. The fourth-order valence-corrected chi connectivity index (χ4v) is 2.99. The molecule has 2 bridgehead atoms. The first-order valence-electron chi connectivity index (χ1n) is 5.01. The molecule has 0 aliphatic heterocycles. The molecule has 76 valence electrons. The minimum absolute atomic E-state index is 0.0357. The van der Waals surface area contributed by atoms with Gasteiger partial charge in [0.05, 0.1) is 5.92 Å². The first-order chi connectivity index (χ1) is 6.61. The van der Waals surface area contributed by atoms with Gasteiger partial charge in [-0.3, -0.25) is 9.59 Å². The highest BCUT2D eigenvalue weighted by Gasteiger charge is 2.49. The molecular weight excluding hydrogens is 180 g/mol. The molecule has 4 unspecified atom stereocenters. The van der Waals surface area contributed by atoms with Crippen molar-refractivity contribution in [3.05, 3.63) is 12.2 Å². The quantitative estimate of drug-likeness (QED) is 0.677. The Bertz CT molecular complexity index is 306. The molecule has 3 nitrogen and oxygen atoms in total. The van der Waals surface area contributed by atoms with Crippen molar-refractivity contribution in [2.45, 2.75) is 19.8 Å². The van der Waals surface area contributed by atoms with Gasteiger partial charge in [-0.2, -0.15) is 0 Å². The Morgan fingerprint density at radius 2 is 2.07 bits per heavy atom. The maximum Gasteiger partial charge on any atom is 0.307 e. The summed E-state index contributed by atoms with van der Waals surface area (Å²) in [5, 5.41) is 9.09. The zero-order valence-electron chi connectivity index (χ0n) is 8.14. The molecule has 1 fully saturated rings. The molecule has 14 heavy (non-hydrogen) atoms. The molecule has 4 atom stereocenters. The highest BCUT2D eigenvalue weighted by molar-refractivity contribution is 5.86. The predicted molar refractivity (Wildman–Crippen MR) is 50.7 cm³/mol. The standard InChI is InChI=1S/C11H14O3/c1-6(12)9-7-3-2-4-8(5-7)10(9)11(13)14/h2,4,7-10H,3,5H2,1H3,(H,13,14). The van der Waals surface area contributed by atoms with Crippen molar-refractivity contribution in [1.82, 2.24) is 0 Å². The van der Waals surface area contributed by atoms with Crippen LogP contribution >= 0.6 is 0 Å². The summed E-state index contributed by atoms with van der Waals surface area (Å²) in [5.74, 6) is -1.16. The van der Waals surface area contributed by atoms with Gasteiger partial charge in [-0.15, -0.1) is 0 Å². The largest absolute Gasteiger partial charge is 0.481 e. The third kappa shape index (κ3) is 1.27. The number of carbonyl (C=O) groups is 2. The van der Waals surface area contributed by atoms with E-state index in [4.69, 9.17) is 5.11 Å². The minimum atomic E-state index is -0.816. The number of Topliss-reactive ketones (excluding diaryl/α,β-unsaturated/α-hetero) is 1. The van der Waals surface area contributed by atoms with Gasteiger partial charge < -0.3 is 5.11 Å². The fraction of sp³-hybridized carbons (Fsp3) is 0.636. The third-order valence-electron chi connectivity index (χ3n) is 3.51. The molecule has 1 saturated carbocycles. The lowest BCUT2D eigenvalue weighted by molar-refractivity contribution is -0.146. The number of aliphatic carboxylic acids is 1. The number of rotatable bonds is 2. The molecular formula is C11H14O3. The van der Waals surface area contributed by atoms with Gasteiger partial charge in [0.25, 0.3) is 0 Å². The first-order valence-corrected chi connectivity index (χ1v) is 5.01. The fourth-order valence-electron chi connectivity index (χ4n) is 2.99. The number of carbonyl (C=O) groups excluding carboxylic acids is 1. The number of ketones is 1. The average molecular weight is 194 g/mol. The highest BCUT2D eigenvalue weighted by Crippen LogP contribution is 2.47. The van der Waals surface area contributed by atoms with Crippen LogP contribution in [0.2, 0.25) is 0 Å². The van der Waals surface area contributed by atoms with Gasteiger partial charge in [0.15, 0.2) is 0 Å². The minimum Gasteiger partial charge on any atom is -0.481 e. The molecule has 0 aromatic rings. The lowest BCUT2D eigenvalue weighted by Crippen LogP contribution is -2.29. The topological polar surface area (TPSA) is 54.4 Å². The van der Waals surface area contributed by atoms with Crippen molar-refractivity contribution in [1.29, 1.82) is 0 Å². The molecule has 0 radical (unpaired) electrons. The molecule has 0 heterocycles. The van der Waals surface area contributed by atoms with Crippen LogP contribution in [0.4, 0.5) is 0 Å². The van der Waals surface area contributed by atoms with E-state index in [0.717, 1.165) is 12.8 Å².